The van der Waals surface area contributed by atoms with Crippen molar-refractivity contribution in [1.29, 1.82) is 10.5 Å². The van der Waals surface area contributed by atoms with Crippen molar-refractivity contribution < 1.29 is 104 Å². The fourth-order valence-electron chi connectivity index (χ4n) is 8.89. The van der Waals surface area contributed by atoms with Crippen LogP contribution in [0.25, 0.3) is 21.9 Å². The van der Waals surface area contributed by atoms with E-state index in [1.165, 1.54) is 43.3 Å². The minimum absolute atomic E-state index is 0.00729. The molecule has 3 aromatic heterocycles. The molecular weight excluding hydrogens is 1570 g/mol. The minimum atomic E-state index is -5.55. The predicted molar refractivity (Wildman–Crippen MR) is 356 cm³/mol. The highest BCUT2D eigenvalue weighted by Crippen LogP contribution is 2.50. The number of hydrogen-bond acceptors (Lipinski definition) is 32. The number of nitrogens with one attached hydrogen (secondary N) is 5. The second kappa shape index (κ2) is 28.1. The number of rotatable bonds is 24. The number of aromatic nitrogens is 4. The summed E-state index contributed by atoms with van der Waals surface area (Å²) >= 11 is 12.6. The van der Waals surface area contributed by atoms with Crippen LogP contribution in [0.15, 0.2) is 158 Å². The van der Waals surface area contributed by atoms with E-state index in [1.807, 2.05) is 12.1 Å². The Hall–Kier alpha value is -9.52. The minimum Gasteiger partial charge on any atom is -0.353 e. The number of thiophene rings is 1. The van der Waals surface area contributed by atoms with Gasteiger partial charge in [-0.05, 0) is 103 Å². The molecule has 13 N–H and O–H groups in total. The Balaban J connectivity index is 1.22. The van der Waals surface area contributed by atoms with E-state index < -0.39 is 194 Å². The zero-order valence-electron chi connectivity index (χ0n) is 49.2. The summed E-state index contributed by atoms with van der Waals surface area (Å²) in [5, 5.41) is 48.2. The standard InChI is InChI=1S/C51H37Cl2N15O24S9/c1-23-33(21-54)45(57-26-6-9-35(52)41(15-26)100(87,88)89)61-46(58-27-7-10-36(53)42(16-27)101(90,91)92)44(23)66-67-47-34(22-55)43(48(93-47)68-65-28-14-31-32(39(17-28)98(81,82)83)18-30(96(75,76)77)20-40(31)99(84,85)86)24-2-4-25(5-3-24)59-50-62-49(56-12-13-94(69,70)71)63-51(64-50)60-37-19-29(95(72,73)74)8-11-38(37)97(78,79)80/h2-11,14-20H,12-13H2,1H3,(H2,57,58,61)(H,69,70,71)(H,72,73,74)(H,75,76,77)(H,78,79,80)(H,81,82,83)(H,84,85,86)(H,87,88,89)(H,90,91,92)(H3,56,59,60,62,63,64). The molecule has 0 saturated carbocycles. The molecule has 0 amide bonds. The Kier molecular flexibility index (Phi) is 21.1. The average molecular weight is 1600 g/mol. The van der Waals surface area contributed by atoms with Crippen molar-refractivity contribution in [1.82, 2.24) is 19.9 Å². The van der Waals surface area contributed by atoms with Gasteiger partial charge in [0.05, 0.1) is 42.5 Å². The third kappa shape index (κ3) is 18.0. The van der Waals surface area contributed by atoms with Crippen LogP contribution in [0, 0.1) is 29.6 Å². The second-order valence-electron chi connectivity index (χ2n) is 20.1. The zero-order valence-corrected chi connectivity index (χ0v) is 58.1. The van der Waals surface area contributed by atoms with Crippen LogP contribution in [0.3, 0.4) is 0 Å². The quantitative estimate of drug-likeness (QED) is 0.0198. The van der Waals surface area contributed by atoms with Crippen LogP contribution >= 0.6 is 34.5 Å². The molecule has 0 aliphatic heterocycles. The highest BCUT2D eigenvalue weighted by Gasteiger charge is 2.29. The SMILES string of the molecule is Cc1c(C#N)c(Nc2ccc(Cl)c(S(=O)(=O)O)c2)nc(Nc2ccc(Cl)c(S(=O)(=O)O)c2)c1N=Nc1sc(N=Nc2cc(S(=O)(=O)O)c3cc(S(=O)(=O)O)cc(S(=O)(=O)O)c3c2)c(-c2ccc(Nc3nc(NCCS(=O)(=O)O)nc(Nc4cc(S(=O)(=O)O)ccc4S(=O)(=O)O)n3)cc2)c1C#N. The molecule has 0 aliphatic carbocycles. The summed E-state index contributed by atoms with van der Waals surface area (Å²) in [7, 11) is -41.3. The van der Waals surface area contributed by atoms with E-state index in [0.717, 1.165) is 30.3 Å². The number of pyridine rings is 1. The monoisotopic (exact) mass is 1600 g/mol. The smallest absolute Gasteiger partial charge is 0.296 e. The van der Waals surface area contributed by atoms with Crippen molar-refractivity contribution in [3.8, 4) is 23.3 Å². The van der Waals surface area contributed by atoms with E-state index in [0.29, 0.717) is 41.7 Å². The van der Waals surface area contributed by atoms with Gasteiger partial charge in [0.1, 0.15) is 52.9 Å². The molecule has 0 fully saturated rings. The Morgan fingerprint density at radius 2 is 0.950 bits per heavy atom. The van der Waals surface area contributed by atoms with Gasteiger partial charge in [-0.25, -0.2) is 4.98 Å². The summed E-state index contributed by atoms with van der Waals surface area (Å²) in [6.07, 6.45) is 0. The molecule has 0 atom stereocenters. The van der Waals surface area contributed by atoms with Crippen LogP contribution in [-0.2, 0) is 80.9 Å². The molecule has 101 heavy (non-hydrogen) atoms. The molecule has 0 spiro atoms. The van der Waals surface area contributed by atoms with Crippen molar-refractivity contribution in [2.45, 2.75) is 41.2 Å². The van der Waals surface area contributed by atoms with Gasteiger partial charge in [-0.1, -0.05) is 46.7 Å². The number of halogens is 2. The fraction of sp³-hybridized carbons (Fsp3) is 0.0588. The van der Waals surface area contributed by atoms with Crippen LogP contribution in [0.1, 0.15) is 16.7 Å². The molecule has 0 bridgehead atoms. The third-order valence-electron chi connectivity index (χ3n) is 13.2. The molecule has 528 valence electrons. The lowest BCUT2D eigenvalue weighted by atomic mass is 10.0. The highest BCUT2D eigenvalue weighted by molar-refractivity contribution is 7.88. The predicted octanol–water partition coefficient (Wildman–Crippen LogP) is 9.34. The molecule has 3 heterocycles. The van der Waals surface area contributed by atoms with Crippen molar-refractivity contribution in [3.63, 3.8) is 0 Å². The number of nitriles is 2. The highest BCUT2D eigenvalue weighted by atomic mass is 35.5. The summed E-state index contributed by atoms with van der Waals surface area (Å²) < 4.78 is 276. The van der Waals surface area contributed by atoms with E-state index >= 15 is 0 Å². The Labute approximate surface area is 583 Å². The molecule has 9 rings (SSSR count). The molecule has 0 radical (unpaired) electrons. The molecule has 0 aliphatic rings. The van der Waals surface area contributed by atoms with E-state index in [4.69, 9.17) is 23.2 Å². The second-order valence-corrected chi connectivity index (χ2v) is 33.2. The zero-order chi connectivity index (χ0) is 74.5. The van der Waals surface area contributed by atoms with Gasteiger partial charge in [0.25, 0.3) is 80.9 Å². The molecule has 9 aromatic rings. The van der Waals surface area contributed by atoms with E-state index in [1.54, 1.807) is 0 Å². The summed E-state index contributed by atoms with van der Waals surface area (Å²) in [6, 6.07) is 19.0. The van der Waals surface area contributed by atoms with E-state index in [-0.39, 0.29) is 61.9 Å². The number of anilines is 9. The van der Waals surface area contributed by atoms with Crippen LogP contribution in [0.5, 0.6) is 0 Å². The Morgan fingerprint density at radius 3 is 1.48 bits per heavy atom. The maximum atomic E-state index is 12.9. The Bertz CT molecular complexity index is 6150. The van der Waals surface area contributed by atoms with Crippen molar-refractivity contribution in [2.24, 2.45) is 20.5 Å². The van der Waals surface area contributed by atoms with Gasteiger partial charge in [0.2, 0.25) is 17.8 Å². The van der Waals surface area contributed by atoms with Gasteiger partial charge in [-0.3, -0.25) is 36.4 Å². The molecule has 6 aromatic carbocycles. The maximum absolute atomic E-state index is 12.9. The maximum Gasteiger partial charge on any atom is 0.296 e. The lowest BCUT2D eigenvalue weighted by Gasteiger charge is -2.16. The van der Waals surface area contributed by atoms with Crippen LogP contribution in [-0.4, -0.2) is 136 Å². The van der Waals surface area contributed by atoms with Gasteiger partial charge in [-0.2, -0.15) is 92.8 Å². The van der Waals surface area contributed by atoms with Crippen molar-refractivity contribution in [3.05, 3.63) is 130 Å². The lowest BCUT2D eigenvalue weighted by molar-refractivity contribution is 0.477. The molecule has 0 unspecified atom stereocenters. The largest absolute Gasteiger partial charge is 0.353 e. The summed E-state index contributed by atoms with van der Waals surface area (Å²) in [4.78, 5) is 9.40. The van der Waals surface area contributed by atoms with Gasteiger partial charge in [0.15, 0.2) is 16.6 Å². The number of fused-ring (bicyclic) bond motifs is 1. The van der Waals surface area contributed by atoms with Gasteiger partial charge < -0.3 is 26.6 Å². The number of benzene rings is 6. The van der Waals surface area contributed by atoms with Crippen molar-refractivity contribution in [2.75, 3.05) is 38.9 Å². The first-order valence-electron chi connectivity index (χ1n) is 26.4. The van der Waals surface area contributed by atoms with Crippen LogP contribution < -0.4 is 26.6 Å². The van der Waals surface area contributed by atoms with Crippen LogP contribution in [0.4, 0.5) is 73.6 Å². The first-order chi connectivity index (χ1) is 46.7. The van der Waals surface area contributed by atoms with Crippen LogP contribution in [0.2, 0.25) is 10.0 Å². The summed E-state index contributed by atoms with van der Waals surface area (Å²) in [5.74, 6) is -3.39. The summed E-state index contributed by atoms with van der Waals surface area (Å²) in [5.41, 5.74) is -3.30. The first-order valence-corrected chi connectivity index (χ1v) is 39.6. The third-order valence-corrected chi connectivity index (χ3v) is 22.0. The molecule has 50 heteroatoms. The average Bonchev–Trinajstić information content (AvgIpc) is 1.37. The molecule has 0 saturated heterocycles. The fourth-order valence-corrected chi connectivity index (χ4v) is 15.4. The molecule has 39 nitrogen and oxygen atoms in total. The Morgan fingerprint density at radius 1 is 0.455 bits per heavy atom. The van der Waals surface area contributed by atoms with E-state index in [2.05, 4.69) is 67.0 Å². The van der Waals surface area contributed by atoms with Gasteiger partial charge >= 0.3 is 0 Å². The molecular formula is C51H37Cl2N15O24S9. The van der Waals surface area contributed by atoms with Gasteiger partial charge in [-0.15, -0.1) is 20.5 Å². The normalized spacial score (nSPS) is 12.7. The first kappa shape index (κ1) is 75.7. The lowest BCUT2D eigenvalue weighted by Crippen LogP contribution is -2.17. The number of hydrogen-bond donors (Lipinski definition) is 13. The number of azo groups is 2. The van der Waals surface area contributed by atoms with Gasteiger partial charge in [0, 0.05) is 45.5 Å². The number of nitrogens with zero attached hydrogens (tertiary/aromatic N) is 10. The van der Waals surface area contributed by atoms with E-state index in [9.17, 15) is 114 Å². The topological polar surface area (TPSA) is 644 Å². The summed E-state index contributed by atoms with van der Waals surface area (Å²) in [6.45, 7) is 0.711. The van der Waals surface area contributed by atoms with Crippen molar-refractivity contribution >= 4 is 200 Å².